The highest BCUT2D eigenvalue weighted by Gasteiger charge is 2.39. The third kappa shape index (κ3) is 2.42. The van der Waals surface area contributed by atoms with Crippen LogP contribution in [0, 0.1) is 0 Å². The summed E-state index contributed by atoms with van der Waals surface area (Å²) in [5, 5.41) is 3.24. The summed E-state index contributed by atoms with van der Waals surface area (Å²) in [6, 6.07) is 7.75. The van der Waals surface area contributed by atoms with E-state index < -0.39 is 5.54 Å². The summed E-state index contributed by atoms with van der Waals surface area (Å²) < 4.78 is 5.10. The third-order valence-electron chi connectivity index (χ3n) is 3.38. The Labute approximate surface area is 101 Å². The van der Waals surface area contributed by atoms with E-state index in [1.165, 1.54) is 0 Å². The van der Waals surface area contributed by atoms with Crippen molar-refractivity contribution in [3.63, 3.8) is 0 Å². The summed E-state index contributed by atoms with van der Waals surface area (Å²) in [6.07, 6.45) is 2.46. The van der Waals surface area contributed by atoms with E-state index in [1.54, 1.807) is 7.11 Å². The summed E-state index contributed by atoms with van der Waals surface area (Å²) in [4.78, 5) is 11.6. The predicted octanol–water partition coefficient (Wildman–Crippen LogP) is 0.845. The number of nitrogens with one attached hydrogen (secondary N) is 1. The van der Waals surface area contributed by atoms with Crippen molar-refractivity contribution in [1.29, 1.82) is 0 Å². The number of primary amides is 1. The number of hydrogen-bond acceptors (Lipinski definition) is 3. The molecule has 0 spiro atoms. The number of rotatable bonds is 4. The molecule has 4 heteroatoms. The minimum absolute atomic E-state index is 0.259. The Kier molecular flexibility index (Phi) is 3.33. The van der Waals surface area contributed by atoms with Crippen LogP contribution in [0.5, 0.6) is 5.75 Å². The monoisotopic (exact) mass is 234 g/mol. The first-order chi connectivity index (χ1) is 8.16. The lowest BCUT2D eigenvalue weighted by Gasteiger charge is -2.25. The van der Waals surface area contributed by atoms with Crippen molar-refractivity contribution >= 4 is 5.91 Å². The van der Waals surface area contributed by atoms with Crippen LogP contribution in [0.3, 0.4) is 0 Å². The molecule has 92 valence electrons. The van der Waals surface area contributed by atoms with E-state index in [-0.39, 0.29) is 5.91 Å². The molecule has 4 nitrogen and oxygen atoms in total. The van der Waals surface area contributed by atoms with Crippen LogP contribution in [-0.2, 0) is 11.2 Å². The first kappa shape index (κ1) is 11.9. The smallest absolute Gasteiger partial charge is 0.238 e. The first-order valence-corrected chi connectivity index (χ1v) is 5.84. The largest absolute Gasteiger partial charge is 0.497 e. The van der Waals surface area contributed by atoms with Gasteiger partial charge >= 0.3 is 0 Å². The summed E-state index contributed by atoms with van der Waals surface area (Å²) in [6.45, 7) is 0.860. The Bertz CT molecular complexity index is 394. The average molecular weight is 234 g/mol. The first-order valence-electron chi connectivity index (χ1n) is 5.84. The fourth-order valence-corrected chi connectivity index (χ4v) is 2.35. The number of carbonyl (C=O) groups is 1. The van der Waals surface area contributed by atoms with Gasteiger partial charge in [0, 0.05) is 0 Å². The van der Waals surface area contributed by atoms with Gasteiger partial charge < -0.3 is 15.8 Å². The topological polar surface area (TPSA) is 64.3 Å². The van der Waals surface area contributed by atoms with Crippen molar-refractivity contribution in [2.24, 2.45) is 5.73 Å². The molecule has 3 N–H and O–H groups in total. The lowest BCUT2D eigenvalue weighted by Crippen LogP contribution is -2.53. The summed E-state index contributed by atoms with van der Waals surface area (Å²) >= 11 is 0. The molecule has 1 fully saturated rings. The predicted molar refractivity (Wildman–Crippen MR) is 65.9 cm³/mol. The van der Waals surface area contributed by atoms with E-state index in [1.807, 2.05) is 24.3 Å². The third-order valence-corrected chi connectivity index (χ3v) is 3.38. The molecule has 0 radical (unpaired) electrons. The van der Waals surface area contributed by atoms with E-state index in [9.17, 15) is 4.79 Å². The number of methoxy groups -OCH3 is 1. The van der Waals surface area contributed by atoms with Gasteiger partial charge in [0.2, 0.25) is 5.91 Å². The fourth-order valence-electron chi connectivity index (χ4n) is 2.35. The Morgan fingerprint density at radius 2 is 2.18 bits per heavy atom. The second-order valence-electron chi connectivity index (χ2n) is 4.50. The molecule has 1 aliphatic rings. The van der Waals surface area contributed by atoms with E-state index >= 15 is 0 Å². The summed E-state index contributed by atoms with van der Waals surface area (Å²) in [5.74, 6) is 0.562. The maximum Gasteiger partial charge on any atom is 0.238 e. The maximum absolute atomic E-state index is 11.6. The molecule has 2 rings (SSSR count). The highest BCUT2D eigenvalue weighted by molar-refractivity contribution is 5.85. The Hall–Kier alpha value is -1.55. The van der Waals surface area contributed by atoms with Gasteiger partial charge in [-0.25, -0.2) is 0 Å². The van der Waals surface area contributed by atoms with E-state index in [0.29, 0.717) is 6.42 Å². The van der Waals surface area contributed by atoms with Gasteiger partial charge in [-0.3, -0.25) is 4.79 Å². The molecule has 17 heavy (non-hydrogen) atoms. The lowest BCUT2D eigenvalue weighted by atomic mass is 9.88. The minimum atomic E-state index is -0.561. The van der Waals surface area contributed by atoms with Crippen molar-refractivity contribution < 1.29 is 9.53 Å². The van der Waals surface area contributed by atoms with Crippen molar-refractivity contribution in [2.75, 3.05) is 13.7 Å². The zero-order valence-electron chi connectivity index (χ0n) is 10.0. The molecule has 1 aromatic carbocycles. The molecule has 1 aliphatic heterocycles. The highest BCUT2D eigenvalue weighted by Crippen LogP contribution is 2.24. The summed E-state index contributed by atoms with van der Waals surface area (Å²) in [7, 11) is 1.64. The molecule has 0 saturated carbocycles. The SMILES string of the molecule is COc1ccc(CC2(C(N)=O)CCCN2)cc1. The zero-order valence-corrected chi connectivity index (χ0v) is 10.0. The average Bonchev–Trinajstić information content (AvgIpc) is 2.80. The molecular formula is C13H18N2O2. The molecule has 0 aromatic heterocycles. The van der Waals surface area contributed by atoms with E-state index in [2.05, 4.69) is 5.32 Å². The van der Waals surface area contributed by atoms with Gasteiger partial charge in [-0.2, -0.15) is 0 Å². The zero-order chi connectivity index (χ0) is 12.3. The molecule has 1 aromatic rings. The van der Waals surface area contributed by atoms with Gasteiger partial charge in [0.1, 0.15) is 11.3 Å². The number of amides is 1. The quantitative estimate of drug-likeness (QED) is 0.811. The minimum Gasteiger partial charge on any atom is -0.497 e. The Morgan fingerprint density at radius 1 is 1.47 bits per heavy atom. The van der Waals surface area contributed by atoms with Crippen LogP contribution in [-0.4, -0.2) is 25.1 Å². The van der Waals surface area contributed by atoms with Crippen LogP contribution in [0.25, 0.3) is 0 Å². The molecule has 1 amide bonds. The van der Waals surface area contributed by atoms with Gasteiger partial charge in [-0.1, -0.05) is 12.1 Å². The second kappa shape index (κ2) is 4.75. The second-order valence-corrected chi connectivity index (χ2v) is 4.50. The Morgan fingerprint density at radius 3 is 2.65 bits per heavy atom. The maximum atomic E-state index is 11.6. The molecular weight excluding hydrogens is 216 g/mol. The van der Waals surface area contributed by atoms with Crippen LogP contribution < -0.4 is 15.8 Å². The van der Waals surface area contributed by atoms with Crippen LogP contribution in [0.1, 0.15) is 18.4 Å². The van der Waals surface area contributed by atoms with Crippen LogP contribution in [0.15, 0.2) is 24.3 Å². The molecule has 1 heterocycles. The number of nitrogens with two attached hydrogens (primary N) is 1. The van der Waals surface area contributed by atoms with Crippen molar-refractivity contribution in [3.05, 3.63) is 29.8 Å². The van der Waals surface area contributed by atoms with Gasteiger partial charge in [0.25, 0.3) is 0 Å². The lowest BCUT2D eigenvalue weighted by molar-refractivity contribution is -0.123. The number of benzene rings is 1. The number of carbonyl (C=O) groups excluding carboxylic acids is 1. The molecule has 0 bridgehead atoms. The number of hydrogen-bond donors (Lipinski definition) is 2. The number of ether oxygens (including phenoxy) is 1. The Balaban J connectivity index is 2.15. The van der Waals surface area contributed by atoms with E-state index in [0.717, 1.165) is 30.7 Å². The van der Waals surface area contributed by atoms with E-state index in [4.69, 9.17) is 10.5 Å². The van der Waals surface area contributed by atoms with Gasteiger partial charge in [-0.15, -0.1) is 0 Å². The molecule has 1 unspecified atom stereocenters. The van der Waals surface area contributed by atoms with Crippen LogP contribution in [0.4, 0.5) is 0 Å². The van der Waals surface area contributed by atoms with Gasteiger partial charge in [0.15, 0.2) is 0 Å². The van der Waals surface area contributed by atoms with Crippen molar-refractivity contribution in [1.82, 2.24) is 5.32 Å². The van der Waals surface area contributed by atoms with Gasteiger partial charge in [0.05, 0.1) is 7.11 Å². The van der Waals surface area contributed by atoms with Gasteiger partial charge in [-0.05, 0) is 43.5 Å². The summed E-state index contributed by atoms with van der Waals surface area (Å²) in [5.41, 5.74) is 6.05. The normalized spacial score (nSPS) is 23.6. The van der Waals surface area contributed by atoms with Crippen LogP contribution in [0.2, 0.25) is 0 Å². The highest BCUT2D eigenvalue weighted by atomic mass is 16.5. The molecule has 1 atom stereocenters. The molecule has 1 saturated heterocycles. The van der Waals surface area contributed by atoms with Crippen molar-refractivity contribution in [3.8, 4) is 5.75 Å². The van der Waals surface area contributed by atoms with Crippen molar-refractivity contribution in [2.45, 2.75) is 24.8 Å². The fraction of sp³-hybridized carbons (Fsp3) is 0.462. The molecule has 0 aliphatic carbocycles. The standard InChI is InChI=1S/C13H18N2O2/c1-17-11-5-3-10(4-6-11)9-13(12(14)16)7-2-8-15-13/h3-6,15H,2,7-9H2,1H3,(H2,14,16). The van der Waals surface area contributed by atoms with Crippen LogP contribution >= 0.6 is 0 Å².